The summed E-state index contributed by atoms with van der Waals surface area (Å²) in [5, 5.41) is 10.6. The lowest BCUT2D eigenvalue weighted by Gasteiger charge is -2.32. The first-order chi connectivity index (χ1) is 19.8. The van der Waals surface area contributed by atoms with Crippen molar-refractivity contribution < 1.29 is 19.4 Å². The van der Waals surface area contributed by atoms with Crippen LogP contribution in [0.3, 0.4) is 0 Å². The van der Waals surface area contributed by atoms with Gasteiger partial charge in [-0.05, 0) is 78.4 Å². The highest BCUT2D eigenvalue weighted by Crippen LogP contribution is 2.30. The van der Waals surface area contributed by atoms with Crippen LogP contribution < -0.4 is 4.74 Å². The summed E-state index contributed by atoms with van der Waals surface area (Å²) >= 11 is 0. The summed E-state index contributed by atoms with van der Waals surface area (Å²) in [6, 6.07) is 29.1. The van der Waals surface area contributed by atoms with Crippen molar-refractivity contribution in [2.24, 2.45) is 0 Å². The SMILES string of the molecule is Cc1c(C)n(Cc2ccc(-c3ccccc3C(=O)O)cc2)c2ccc(C(=O)N(C)C3COc4ccccc4C3)cc12. The Labute approximate surface area is 239 Å². The number of nitrogens with zero attached hydrogens (tertiary/aromatic N) is 2. The lowest BCUT2D eigenvalue weighted by atomic mass is 9.99. The molecule has 6 rings (SSSR count). The van der Waals surface area contributed by atoms with Crippen molar-refractivity contribution >= 4 is 22.8 Å². The molecule has 1 aliphatic rings. The van der Waals surface area contributed by atoms with E-state index >= 15 is 0 Å². The molecule has 0 bridgehead atoms. The zero-order chi connectivity index (χ0) is 28.7. The number of para-hydroxylation sites is 1. The van der Waals surface area contributed by atoms with Gasteiger partial charge in [-0.1, -0.05) is 60.7 Å². The zero-order valence-electron chi connectivity index (χ0n) is 23.4. The van der Waals surface area contributed by atoms with Gasteiger partial charge in [0, 0.05) is 35.8 Å². The summed E-state index contributed by atoms with van der Waals surface area (Å²) in [5.41, 5.74) is 8.15. The molecule has 6 heteroatoms. The largest absolute Gasteiger partial charge is 0.491 e. The van der Waals surface area contributed by atoms with Gasteiger partial charge in [-0.25, -0.2) is 4.79 Å². The monoisotopic (exact) mass is 544 g/mol. The molecule has 5 aromatic rings. The molecule has 1 N–H and O–H groups in total. The van der Waals surface area contributed by atoms with Crippen molar-refractivity contribution in [2.75, 3.05) is 13.7 Å². The Kier molecular flexibility index (Phi) is 6.83. The third kappa shape index (κ3) is 4.86. The van der Waals surface area contributed by atoms with E-state index in [0.29, 0.717) is 29.8 Å². The molecule has 0 saturated heterocycles. The first kappa shape index (κ1) is 26.4. The molecule has 4 aromatic carbocycles. The van der Waals surface area contributed by atoms with Gasteiger partial charge in [0.05, 0.1) is 11.6 Å². The van der Waals surface area contributed by atoms with E-state index < -0.39 is 5.97 Å². The molecular formula is C35H32N2O4. The van der Waals surface area contributed by atoms with Crippen molar-refractivity contribution in [3.63, 3.8) is 0 Å². The number of benzene rings is 4. The first-order valence-electron chi connectivity index (χ1n) is 13.8. The first-order valence-corrected chi connectivity index (χ1v) is 13.8. The number of carbonyl (C=O) groups is 2. The maximum absolute atomic E-state index is 13.5. The highest BCUT2D eigenvalue weighted by molar-refractivity contribution is 5.99. The number of aromatic nitrogens is 1. The van der Waals surface area contributed by atoms with E-state index in [9.17, 15) is 14.7 Å². The van der Waals surface area contributed by atoms with Crippen molar-refractivity contribution in [3.8, 4) is 16.9 Å². The van der Waals surface area contributed by atoms with Crippen molar-refractivity contribution in [1.29, 1.82) is 0 Å². The van der Waals surface area contributed by atoms with Crippen LogP contribution in [0.4, 0.5) is 0 Å². The number of aryl methyl sites for hydroxylation is 1. The van der Waals surface area contributed by atoms with E-state index in [1.54, 1.807) is 17.0 Å². The highest BCUT2D eigenvalue weighted by Gasteiger charge is 2.27. The molecule has 1 atom stereocenters. The van der Waals surface area contributed by atoms with Gasteiger partial charge in [-0.15, -0.1) is 0 Å². The van der Waals surface area contributed by atoms with Gasteiger partial charge in [0.1, 0.15) is 12.4 Å². The van der Waals surface area contributed by atoms with Crippen LogP contribution in [0, 0.1) is 13.8 Å². The summed E-state index contributed by atoms with van der Waals surface area (Å²) in [7, 11) is 1.86. The van der Waals surface area contributed by atoms with Crippen molar-refractivity contribution in [1.82, 2.24) is 9.47 Å². The van der Waals surface area contributed by atoms with E-state index in [1.165, 1.54) is 0 Å². The Balaban J connectivity index is 1.24. The van der Waals surface area contributed by atoms with E-state index in [4.69, 9.17) is 4.74 Å². The number of likely N-dealkylation sites (N-methyl/N-ethyl adjacent to an activating group) is 1. The van der Waals surface area contributed by atoms with Crippen LogP contribution in [0.25, 0.3) is 22.0 Å². The predicted molar refractivity (Wildman–Crippen MR) is 161 cm³/mol. The topological polar surface area (TPSA) is 71.8 Å². The number of aromatic carboxylic acids is 1. The fraction of sp³-hybridized carbons (Fsp3) is 0.200. The number of amides is 1. The van der Waals surface area contributed by atoms with Crippen LogP contribution in [-0.4, -0.2) is 46.1 Å². The minimum absolute atomic E-state index is 0.0121. The Morgan fingerprint density at radius 2 is 1.68 bits per heavy atom. The molecular weight excluding hydrogens is 512 g/mol. The predicted octanol–water partition coefficient (Wildman–Crippen LogP) is 6.75. The Morgan fingerprint density at radius 1 is 0.951 bits per heavy atom. The van der Waals surface area contributed by atoms with E-state index in [0.717, 1.165) is 51.0 Å². The van der Waals surface area contributed by atoms with Crippen LogP contribution in [-0.2, 0) is 13.0 Å². The van der Waals surface area contributed by atoms with Crippen molar-refractivity contribution in [2.45, 2.75) is 32.9 Å². The third-order valence-electron chi connectivity index (χ3n) is 8.38. The van der Waals surface area contributed by atoms with Gasteiger partial charge in [0.15, 0.2) is 0 Å². The molecule has 1 unspecified atom stereocenters. The van der Waals surface area contributed by atoms with E-state index in [-0.39, 0.29) is 11.9 Å². The van der Waals surface area contributed by atoms with Gasteiger partial charge >= 0.3 is 5.97 Å². The average molecular weight is 545 g/mol. The number of carbonyl (C=O) groups excluding carboxylic acids is 1. The molecule has 0 fully saturated rings. The van der Waals surface area contributed by atoms with Crippen LogP contribution in [0.15, 0.2) is 91.0 Å². The fourth-order valence-corrected chi connectivity index (χ4v) is 5.81. The number of hydrogen-bond acceptors (Lipinski definition) is 3. The quantitative estimate of drug-likeness (QED) is 0.257. The molecule has 2 heterocycles. The highest BCUT2D eigenvalue weighted by atomic mass is 16.5. The molecule has 1 aliphatic heterocycles. The van der Waals surface area contributed by atoms with Crippen LogP contribution in [0.2, 0.25) is 0 Å². The number of carboxylic acids is 1. The van der Waals surface area contributed by atoms with Gasteiger partial charge < -0.3 is 19.3 Å². The Morgan fingerprint density at radius 3 is 2.46 bits per heavy atom. The average Bonchev–Trinajstić information content (AvgIpc) is 3.24. The smallest absolute Gasteiger partial charge is 0.336 e. The van der Waals surface area contributed by atoms with Crippen LogP contribution in [0.5, 0.6) is 5.75 Å². The zero-order valence-corrected chi connectivity index (χ0v) is 23.4. The number of carboxylic acid groups (broad SMARTS) is 1. The third-order valence-corrected chi connectivity index (χ3v) is 8.38. The lowest BCUT2D eigenvalue weighted by molar-refractivity contribution is 0.0654. The molecule has 206 valence electrons. The molecule has 6 nitrogen and oxygen atoms in total. The van der Waals surface area contributed by atoms with Crippen LogP contribution >= 0.6 is 0 Å². The van der Waals surface area contributed by atoms with Gasteiger partial charge in [0.2, 0.25) is 0 Å². The Hall–Kier alpha value is -4.84. The molecule has 0 spiro atoms. The standard InChI is InChI=1S/C35H32N2O4/c1-22-23(2)37(20-24-12-14-25(15-13-24)29-9-5-6-10-30(29)35(39)40)32-17-16-27(19-31(22)32)34(38)36(3)28-18-26-8-4-7-11-33(26)41-21-28/h4-17,19,28H,18,20-21H2,1-3H3,(H,39,40). The summed E-state index contributed by atoms with van der Waals surface area (Å²) in [6.45, 7) is 5.36. The minimum atomic E-state index is -0.934. The van der Waals surface area contributed by atoms with Crippen molar-refractivity contribution in [3.05, 3.63) is 125 Å². The molecule has 41 heavy (non-hydrogen) atoms. The van der Waals surface area contributed by atoms with E-state index in [1.807, 2.05) is 79.8 Å². The molecule has 0 radical (unpaired) electrons. The fourth-order valence-electron chi connectivity index (χ4n) is 5.81. The summed E-state index contributed by atoms with van der Waals surface area (Å²) in [4.78, 5) is 27.0. The van der Waals surface area contributed by atoms with E-state index in [2.05, 4.69) is 24.5 Å². The summed E-state index contributed by atoms with van der Waals surface area (Å²) in [5.74, 6) is -0.0453. The molecule has 0 aliphatic carbocycles. The number of fused-ring (bicyclic) bond motifs is 2. The van der Waals surface area contributed by atoms with Gasteiger partial charge in [0.25, 0.3) is 5.91 Å². The summed E-state index contributed by atoms with van der Waals surface area (Å²) in [6.07, 6.45) is 0.774. The molecule has 1 amide bonds. The minimum Gasteiger partial charge on any atom is -0.491 e. The number of hydrogen-bond donors (Lipinski definition) is 1. The second-order valence-corrected chi connectivity index (χ2v) is 10.8. The maximum atomic E-state index is 13.5. The van der Waals surface area contributed by atoms with Gasteiger partial charge in [-0.2, -0.15) is 0 Å². The maximum Gasteiger partial charge on any atom is 0.336 e. The summed E-state index contributed by atoms with van der Waals surface area (Å²) < 4.78 is 8.21. The second kappa shape index (κ2) is 10.6. The molecule has 1 aromatic heterocycles. The molecule has 0 saturated carbocycles. The van der Waals surface area contributed by atoms with Crippen LogP contribution in [0.1, 0.15) is 43.1 Å². The Bertz CT molecular complexity index is 1780. The van der Waals surface area contributed by atoms with Gasteiger partial charge in [-0.3, -0.25) is 4.79 Å². The second-order valence-electron chi connectivity index (χ2n) is 10.8. The normalized spacial score (nSPS) is 14.4. The lowest BCUT2D eigenvalue weighted by Crippen LogP contribution is -2.44. The number of ether oxygens (including phenoxy) is 1. The number of rotatable bonds is 6.